The van der Waals surface area contributed by atoms with Gasteiger partial charge in [0.25, 0.3) is 0 Å². The van der Waals surface area contributed by atoms with Crippen LogP contribution >= 0.6 is 0 Å². The van der Waals surface area contributed by atoms with Gasteiger partial charge in [0.15, 0.2) is 17.5 Å². The number of hydrogen-bond donors (Lipinski definition) is 1. The lowest BCUT2D eigenvalue weighted by Crippen LogP contribution is -2.52. The van der Waals surface area contributed by atoms with Crippen molar-refractivity contribution in [3.63, 3.8) is 0 Å². The fraction of sp³-hybridized carbons (Fsp3) is 0.316. The van der Waals surface area contributed by atoms with E-state index in [1.807, 2.05) is 0 Å². The summed E-state index contributed by atoms with van der Waals surface area (Å²) in [6.07, 6.45) is 0.575. The van der Waals surface area contributed by atoms with Gasteiger partial charge in [-0.15, -0.1) is 0 Å². The number of carbonyl (C=O) groups excluding carboxylic acids is 1. The maximum atomic E-state index is 13.9. The van der Waals surface area contributed by atoms with E-state index in [2.05, 4.69) is 5.32 Å². The number of carbonyl (C=O) groups is 1. The number of rotatable bonds is 4. The van der Waals surface area contributed by atoms with Crippen LogP contribution in [0.4, 0.5) is 28.0 Å². The minimum absolute atomic E-state index is 0.00901. The molecule has 0 atom stereocenters. The highest BCUT2D eigenvalue weighted by molar-refractivity contribution is 5.74. The van der Waals surface area contributed by atoms with Crippen molar-refractivity contribution in [2.24, 2.45) is 0 Å². The smallest absolute Gasteiger partial charge is 0.317 e. The van der Waals surface area contributed by atoms with Gasteiger partial charge in [0.05, 0.1) is 5.69 Å². The first-order valence-electron chi connectivity index (χ1n) is 8.61. The van der Waals surface area contributed by atoms with Crippen LogP contribution in [-0.2, 0) is 6.42 Å². The number of halogens is 4. The molecule has 3 rings (SSSR count). The fourth-order valence-electron chi connectivity index (χ4n) is 2.99. The molecule has 0 radical (unpaired) electrons. The molecule has 4 nitrogen and oxygen atoms in total. The predicted molar refractivity (Wildman–Crippen MR) is 93.6 cm³/mol. The highest BCUT2D eigenvalue weighted by Crippen LogP contribution is 2.24. The topological polar surface area (TPSA) is 35.6 Å². The van der Waals surface area contributed by atoms with Crippen molar-refractivity contribution in [2.75, 3.05) is 37.6 Å². The highest BCUT2D eigenvalue weighted by atomic mass is 19.2. The number of nitrogens with one attached hydrogen (secondary N) is 1. The van der Waals surface area contributed by atoms with Gasteiger partial charge < -0.3 is 15.1 Å². The molecule has 2 aromatic rings. The van der Waals surface area contributed by atoms with Crippen molar-refractivity contribution in [2.45, 2.75) is 6.42 Å². The zero-order valence-corrected chi connectivity index (χ0v) is 14.5. The molecule has 1 N–H and O–H groups in total. The minimum atomic E-state index is -1.49. The Hall–Kier alpha value is -2.77. The number of hydrogen-bond acceptors (Lipinski definition) is 2. The molecule has 0 bridgehead atoms. The van der Waals surface area contributed by atoms with Crippen LogP contribution in [0.15, 0.2) is 36.4 Å². The van der Waals surface area contributed by atoms with Crippen LogP contribution in [0.1, 0.15) is 5.56 Å². The van der Waals surface area contributed by atoms with E-state index in [0.29, 0.717) is 39.1 Å². The summed E-state index contributed by atoms with van der Waals surface area (Å²) in [5.74, 6) is -4.24. The molecule has 2 amide bonds. The summed E-state index contributed by atoms with van der Waals surface area (Å²) in [5.41, 5.74) is 0.903. The third-order valence-electron chi connectivity index (χ3n) is 4.53. The van der Waals surface area contributed by atoms with Crippen LogP contribution in [0.3, 0.4) is 0 Å². The molecule has 1 aliphatic rings. The second-order valence-corrected chi connectivity index (χ2v) is 6.28. The standard InChI is InChI=1S/C19H19F4N3O/c20-14-3-1-13(2-4-14)7-8-24-19(27)26-11-9-25(10-12-26)16-6-5-15(21)17(22)18(16)23/h1-6H,7-12H2,(H,24,27). The van der Waals surface area contributed by atoms with Crippen LogP contribution in [0.25, 0.3) is 0 Å². The number of urea groups is 1. The average molecular weight is 381 g/mol. The van der Waals surface area contributed by atoms with Gasteiger partial charge in [-0.1, -0.05) is 12.1 Å². The molecule has 0 saturated carbocycles. The van der Waals surface area contributed by atoms with Crippen LogP contribution < -0.4 is 10.2 Å². The zero-order valence-electron chi connectivity index (χ0n) is 14.5. The van der Waals surface area contributed by atoms with E-state index in [-0.39, 0.29) is 17.5 Å². The summed E-state index contributed by atoms with van der Waals surface area (Å²) in [6.45, 7) is 1.70. The maximum Gasteiger partial charge on any atom is 0.317 e. The van der Waals surface area contributed by atoms with Crippen LogP contribution in [0, 0.1) is 23.3 Å². The Kier molecular flexibility index (Phi) is 5.83. The van der Waals surface area contributed by atoms with Crippen molar-refractivity contribution in [3.05, 3.63) is 65.2 Å². The van der Waals surface area contributed by atoms with Gasteiger partial charge in [-0.2, -0.15) is 0 Å². The van der Waals surface area contributed by atoms with E-state index in [1.54, 1.807) is 21.9 Å². The Morgan fingerprint density at radius 1 is 0.889 bits per heavy atom. The highest BCUT2D eigenvalue weighted by Gasteiger charge is 2.24. The molecule has 0 unspecified atom stereocenters. The summed E-state index contributed by atoms with van der Waals surface area (Å²) in [4.78, 5) is 15.4. The second-order valence-electron chi connectivity index (χ2n) is 6.28. The van der Waals surface area contributed by atoms with Crippen molar-refractivity contribution in [1.29, 1.82) is 0 Å². The molecule has 0 aliphatic carbocycles. The molecule has 27 heavy (non-hydrogen) atoms. The van der Waals surface area contributed by atoms with E-state index in [9.17, 15) is 22.4 Å². The minimum Gasteiger partial charge on any atom is -0.366 e. The largest absolute Gasteiger partial charge is 0.366 e. The SMILES string of the molecule is O=C(NCCc1ccc(F)cc1)N1CCN(c2ccc(F)c(F)c2F)CC1. The molecular formula is C19H19F4N3O. The van der Waals surface area contributed by atoms with Gasteiger partial charge in [-0.05, 0) is 36.2 Å². The van der Waals surface area contributed by atoms with E-state index < -0.39 is 17.5 Å². The molecule has 0 aromatic heterocycles. The number of nitrogens with zero attached hydrogens (tertiary/aromatic N) is 2. The Morgan fingerprint density at radius 2 is 1.56 bits per heavy atom. The van der Waals surface area contributed by atoms with Crippen molar-refractivity contribution in [1.82, 2.24) is 10.2 Å². The first kappa shape index (κ1) is 19.0. The lowest BCUT2D eigenvalue weighted by Gasteiger charge is -2.36. The number of piperazine rings is 1. The summed E-state index contributed by atoms with van der Waals surface area (Å²) in [5, 5.41) is 2.79. The molecular weight excluding hydrogens is 362 g/mol. The van der Waals surface area contributed by atoms with E-state index in [1.165, 1.54) is 18.2 Å². The average Bonchev–Trinajstić information content (AvgIpc) is 2.68. The predicted octanol–water partition coefficient (Wildman–Crippen LogP) is 3.32. The lowest BCUT2D eigenvalue weighted by atomic mass is 10.1. The maximum absolute atomic E-state index is 13.9. The van der Waals surface area contributed by atoms with Gasteiger partial charge in [-0.25, -0.2) is 22.4 Å². The lowest BCUT2D eigenvalue weighted by molar-refractivity contribution is 0.194. The Morgan fingerprint density at radius 3 is 2.22 bits per heavy atom. The molecule has 1 heterocycles. The van der Waals surface area contributed by atoms with Crippen molar-refractivity contribution in [3.8, 4) is 0 Å². The van der Waals surface area contributed by atoms with Crippen molar-refractivity contribution < 1.29 is 22.4 Å². The molecule has 8 heteroatoms. The molecule has 2 aromatic carbocycles. The fourth-order valence-corrected chi connectivity index (χ4v) is 2.99. The van der Waals surface area contributed by atoms with Gasteiger partial charge in [0.2, 0.25) is 0 Å². The van der Waals surface area contributed by atoms with Gasteiger partial charge in [0, 0.05) is 32.7 Å². The van der Waals surface area contributed by atoms with Crippen LogP contribution in [0.2, 0.25) is 0 Å². The molecule has 1 aliphatic heterocycles. The first-order chi connectivity index (χ1) is 13.0. The van der Waals surface area contributed by atoms with Gasteiger partial charge >= 0.3 is 6.03 Å². The monoisotopic (exact) mass is 381 g/mol. The first-order valence-corrected chi connectivity index (χ1v) is 8.61. The Bertz CT molecular complexity index is 805. The third-order valence-corrected chi connectivity index (χ3v) is 4.53. The normalized spacial score (nSPS) is 14.4. The van der Waals surface area contributed by atoms with E-state index >= 15 is 0 Å². The summed E-state index contributed by atoms with van der Waals surface area (Å²) in [6, 6.07) is 7.91. The van der Waals surface area contributed by atoms with Gasteiger partial charge in [0.1, 0.15) is 5.82 Å². The Labute approximate surface area is 154 Å². The van der Waals surface area contributed by atoms with E-state index in [4.69, 9.17) is 0 Å². The molecule has 1 fully saturated rings. The number of amides is 2. The molecule has 144 valence electrons. The Balaban J connectivity index is 1.48. The van der Waals surface area contributed by atoms with Crippen LogP contribution in [-0.4, -0.2) is 43.7 Å². The van der Waals surface area contributed by atoms with E-state index in [0.717, 1.165) is 11.6 Å². The van der Waals surface area contributed by atoms with Crippen molar-refractivity contribution >= 4 is 11.7 Å². The number of anilines is 1. The molecule has 0 spiro atoms. The van der Waals surface area contributed by atoms with Gasteiger partial charge in [-0.3, -0.25) is 0 Å². The quantitative estimate of drug-likeness (QED) is 0.652. The zero-order chi connectivity index (χ0) is 19.4. The van der Waals surface area contributed by atoms with Crippen LogP contribution in [0.5, 0.6) is 0 Å². The molecule has 1 saturated heterocycles. The second kappa shape index (κ2) is 8.28. The third kappa shape index (κ3) is 4.50. The summed E-state index contributed by atoms with van der Waals surface area (Å²) >= 11 is 0. The summed E-state index contributed by atoms with van der Waals surface area (Å²) in [7, 11) is 0. The summed E-state index contributed by atoms with van der Waals surface area (Å²) < 4.78 is 53.2. The number of benzene rings is 2.